The molecule has 0 radical (unpaired) electrons. The molecule has 0 aliphatic carbocycles. The number of ether oxygens (including phenoxy) is 2. The number of amides is 1. The van der Waals surface area contributed by atoms with E-state index in [2.05, 4.69) is 28.1 Å². The number of hydrogen-bond acceptors (Lipinski definition) is 5. The fraction of sp³-hybridized carbons (Fsp3) is 0.381. The van der Waals surface area contributed by atoms with Crippen LogP contribution >= 0.6 is 0 Å². The van der Waals surface area contributed by atoms with Gasteiger partial charge in [0.15, 0.2) is 11.5 Å². The first-order chi connectivity index (χ1) is 13.2. The van der Waals surface area contributed by atoms with Crippen LogP contribution < -0.4 is 19.7 Å². The number of carbonyl (C=O) groups is 1. The highest BCUT2D eigenvalue weighted by Gasteiger charge is 2.20. The number of benzene rings is 2. The van der Waals surface area contributed by atoms with Gasteiger partial charge < -0.3 is 24.6 Å². The molecule has 1 saturated heterocycles. The van der Waals surface area contributed by atoms with Crippen LogP contribution in [-0.2, 0) is 0 Å². The maximum absolute atomic E-state index is 12.8. The summed E-state index contributed by atoms with van der Waals surface area (Å²) in [6, 6.07) is 13.3. The molecule has 0 spiro atoms. The monoisotopic (exact) mass is 367 g/mol. The van der Waals surface area contributed by atoms with Crippen molar-refractivity contribution >= 4 is 17.3 Å². The maximum atomic E-state index is 12.8. The first-order valence-corrected chi connectivity index (χ1v) is 9.52. The molecule has 1 amide bonds. The van der Waals surface area contributed by atoms with E-state index in [0.29, 0.717) is 30.3 Å². The number of para-hydroxylation sites is 2. The van der Waals surface area contributed by atoms with Gasteiger partial charge in [0.05, 0.1) is 11.4 Å². The van der Waals surface area contributed by atoms with Crippen molar-refractivity contribution in [2.45, 2.75) is 6.92 Å². The van der Waals surface area contributed by atoms with Crippen LogP contribution in [0.15, 0.2) is 42.5 Å². The molecule has 0 unspecified atom stereocenters. The van der Waals surface area contributed by atoms with E-state index in [1.165, 1.54) is 0 Å². The van der Waals surface area contributed by atoms with E-state index in [-0.39, 0.29) is 5.91 Å². The number of nitrogens with one attached hydrogen (secondary N) is 1. The third kappa shape index (κ3) is 3.85. The average Bonchev–Trinajstić information content (AvgIpc) is 2.74. The molecule has 4 rings (SSSR count). The van der Waals surface area contributed by atoms with E-state index in [9.17, 15) is 4.79 Å². The number of carbonyl (C=O) groups excluding carboxylic acids is 1. The largest absolute Gasteiger partial charge is 0.486 e. The smallest absolute Gasteiger partial charge is 0.255 e. The Bertz CT molecular complexity index is 816. The molecular formula is C21H25N3O3. The first kappa shape index (κ1) is 17.7. The predicted octanol–water partition coefficient (Wildman–Crippen LogP) is 2.85. The Kier molecular flexibility index (Phi) is 5.16. The van der Waals surface area contributed by atoms with Crippen LogP contribution in [0.4, 0.5) is 11.4 Å². The normalized spacial score (nSPS) is 16.9. The molecule has 27 heavy (non-hydrogen) atoms. The number of nitrogens with zero attached hydrogens (tertiary/aromatic N) is 2. The van der Waals surface area contributed by atoms with Gasteiger partial charge in [-0.15, -0.1) is 0 Å². The molecule has 1 fully saturated rings. The Hall–Kier alpha value is -2.73. The summed E-state index contributed by atoms with van der Waals surface area (Å²) in [5.74, 6) is 1.16. The summed E-state index contributed by atoms with van der Waals surface area (Å²) in [5.41, 5.74) is 2.46. The summed E-state index contributed by atoms with van der Waals surface area (Å²) >= 11 is 0. The highest BCUT2D eigenvalue weighted by Crippen LogP contribution is 2.32. The van der Waals surface area contributed by atoms with E-state index in [1.54, 1.807) is 18.2 Å². The zero-order valence-corrected chi connectivity index (χ0v) is 15.6. The lowest BCUT2D eigenvalue weighted by molar-refractivity contribution is 0.102. The molecule has 6 heteroatoms. The predicted molar refractivity (Wildman–Crippen MR) is 106 cm³/mol. The molecule has 2 aromatic carbocycles. The standard InChI is InChI=1S/C21H25N3O3/c1-2-23-9-11-24(12-10-23)18-6-4-3-5-17(18)22-21(25)16-7-8-19-20(15-16)27-14-13-26-19/h3-8,15H,2,9-14H2,1H3,(H,22,25). The Morgan fingerprint density at radius 2 is 1.74 bits per heavy atom. The van der Waals surface area contributed by atoms with E-state index < -0.39 is 0 Å². The molecule has 2 heterocycles. The quantitative estimate of drug-likeness (QED) is 0.901. The second kappa shape index (κ2) is 7.88. The van der Waals surface area contributed by atoms with Gasteiger partial charge in [0, 0.05) is 31.7 Å². The van der Waals surface area contributed by atoms with Gasteiger partial charge in [-0.05, 0) is 36.9 Å². The van der Waals surface area contributed by atoms with Gasteiger partial charge in [0.25, 0.3) is 5.91 Å². The highest BCUT2D eigenvalue weighted by atomic mass is 16.6. The maximum Gasteiger partial charge on any atom is 0.255 e. The average molecular weight is 367 g/mol. The topological polar surface area (TPSA) is 54.0 Å². The minimum Gasteiger partial charge on any atom is -0.486 e. The van der Waals surface area contributed by atoms with Crippen molar-refractivity contribution in [3.8, 4) is 11.5 Å². The highest BCUT2D eigenvalue weighted by molar-refractivity contribution is 6.06. The summed E-state index contributed by atoms with van der Waals surface area (Å²) in [6.45, 7) is 8.33. The Labute approximate surface area is 159 Å². The Balaban J connectivity index is 1.50. The van der Waals surface area contributed by atoms with Crippen LogP contribution in [0, 0.1) is 0 Å². The molecule has 2 aliphatic heterocycles. The number of likely N-dealkylation sites (N-methyl/N-ethyl adjacent to an activating group) is 1. The van der Waals surface area contributed by atoms with Crippen molar-refractivity contribution in [3.63, 3.8) is 0 Å². The van der Waals surface area contributed by atoms with Gasteiger partial charge in [-0.25, -0.2) is 0 Å². The summed E-state index contributed by atoms with van der Waals surface area (Å²) in [5, 5.41) is 3.07. The van der Waals surface area contributed by atoms with Crippen molar-refractivity contribution in [2.24, 2.45) is 0 Å². The third-order valence-corrected chi connectivity index (χ3v) is 5.12. The van der Waals surface area contributed by atoms with Gasteiger partial charge in [-0.2, -0.15) is 0 Å². The lowest BCUT2D eigenvalue weighted by atomic mass is 10.1. The number of fused-ring (bicyclic) bond motifs is 1. The van der Waals surface area contributed by atoms with E-state index in [1.807, 2.05) is 18.2 Å². The SMILES string of the molecule is CCN1CCN(c2ccccc2NC(=O)c2ccc3c(c2)OCCO3)CC1. The number of rotatable bonds is 4. The summed E-state index contributed by atoms with van der Waals surface area (Å²) in [6.07, 6.45) is 0. The molecule has 2 aliphatic rings. The van der Waals surface area contributed by atoms with Crippen molar-refractivity contribution < 1.29 is 14.3 Å². The molecule has 142 valence electrons. The second-order valence-corrected chi connectivity index (χ2v) is 6.75. The van der Waals surface area contributed by atoms with Crippen LogP contribution in [0.25, 0.3) is 0 Å². The van der Waals surface area contributed by atoms with Gasteiger partial charge in [0.1, 0.15) is 13.2 Å². The second-order valence-electron chi connectivity index (χ2n) is 6.75. The summed E-state index contributed by atoms with van der Waals surface area (Å²) < 4.78 is 11.1. The van der Waals surface area contributed by atoms with E-state index >= 15 is 0 Å². The Morgan fingerprint density at radius 3 is 2.52 bits per heavy atom. The van der Waals surface area contributed by atoms with Gasteiger partial charge in [-0.3, -0.25) is 4.79 Å². The zero-order chi connectivity index (χ0) is 18.6. The molecular weight excluding hydrogens is 342 g/mol. The number of hydrogen-bond donors (Lipinski definition) is 1. The minimum atomic E-state index is -0.147. The lowest BCUT2D eigenvalue weighted by Crippen LogP contribution is -2.46. The van der Waals surface area contributed by atoms with Crippen LogP contribution in [-0.4, -0.2) is 56.7 Å². The molecule has 0 bridgehead atoms. The lowest BCUT2D eigenvalue weighted by Gasteiger charge is -2.36. The minimum absolute atomic E-state index is 0.147. The van der Waals surface area contributed by atoms with Crippen molar-refractivity contribution in [1.82, 2.24) is 4.90 Å². The third-order valence-electron chi connectivity index (χ3n) is 5.12. The fourth-order valence-electron chi connectivity index (χ4n) is 3.54. The van der Waals surface area contributed by atoms with E-state index in [0.717, 1.165) is 44.1 Å². The van der Waals surface area contributed by atoms with Gasteiger partial charge in [0.2, 0.25) is 0 Å². The van der Waals surface area contributed by atoms with Crippen LogP contribution in [0.5, 0.6) is 11.5 Å². The fourth-order valence-corrected chi connectivity index (χ4v) is 3.54. The number of piperazine rings is 1. The van der Waals surface area contributed by atoms with Crippen LogP contribution in [0.2, 0.25) is 0 Å². The summed E-state index contributed by atoms with van der Waals surface area (Å²) in [7, 11) is 0. The van der Waals surface area contributed by atoms with Gasteiger partial charge >= 0.3 is 0 Å². The number of anilines is 2. The molecule has 6 nitrogen and oxygen atoms in total. The molecule has 0 atom stereocenters. The van der Waals surface area contributed by atoms with Crippen molar-refractivity contribution in [3.05, 3.63) is 48.0 Å². The van der Waals surface area contributed by atoms with Crippen LogP contribution in [0.1, 0.15) is 17.3 Å². The first-order valence-electron chi connectivity index (χ1n) is 9.52. The summed E-state index contributed by atoms with van der Waals surface area (Å²) in [4.78, 5) is 17.6. The van der Waals surface area contributed by atoms with Crippen molar-refractivity contribution in [2.75, 3.05) is 56.2 Å². The Morgan fingerprint density at radius 1 is 1.00 bits per heavy atom. The zero-order valence-electron chi connectivity index (χ0n) is 15.6. The molecule has 1 N–H and O–H groups in total. The van der Waals surface area contributed by atoms with E-state index in [4.69, 9.17) is 9.47 Å². The van der Waals surface area contributed by atoms with Crippen LogP contribution in [0.3, 0.4) is 0 Å². The molecule has 0 saturated carbocycles. The van der Waals surface area contributed by atoms with Crippen molar-refractivity contribution in [1.29, 1.82) is 0 Å². The molecule has 0 aromatic heterocycles. The molecule has 2 aromatic rings. The van der Waals surface area contributed by atoms with Gasteiger partial charge in [-0.1, -0.05) is 19.1 Å².